The Hall–Kier alpha value is -2.14. The number of hydrogen-bond acceptors (Lipinski definition) is 5. The third-order valence-corrected chi connectivity index (χ3v) is 2.32. The van der Waals surface area contributed by atoms with Gasteiger partial charge in [-0.05, 0) is 25.2 Å². The van der Waals surface area contributed by atoms with Gasteiger partial charge in [0.05, 0.1) is 0 Å². The molecule has 0 saturated heterocycles. The van der Waals surface area contributed by atoms with Crippen LogP contribution in [-0.2, 0) is 6.54 Å². The van der Waals surface area contributed by atoms with Gasteiger partial charge in [-0.15, -0.1) is 0 Å². The molecule has 0 amide bonds. The van der Waals surface area contributed by atoms with Crippen molar-refractivity contribution in [3.05, 3.63) is 36.2 Å². The summed E-state index contributed by atoms with van der Waals surface area (Å²) in [6, 6.07) is 4.50. The normalized spacial score (nSPS) is 10.4. The minimum absolute atomic E-state index is 0.152. The summed E-state index contributed by atoms with van der Waals surface area (Å²) >= 11 is 0. The van der Waals surface area contributed by atoms with E-state index in [1.54, 1.807) is 18.5 Å². The molecule has 5 nitrogen and oxygen atoms in total. The largest absolute Gasteiger partial charge is 0.504 e. The Morgan fingerprint density at radius 3 is 2.41 bits per heavy atom. The van der Waals surface area contributed by atoms with Crippen LogP contribution in [-0.4, -0.2) is 27.2 Å². The molecule has 0 aliphatic heterocycles. The second-order valence-electron chi connectivity index (χ2n) is 3.65. The van der Waals surface area contributed by atoms with Crippen molar-refractivity contribution in [1.29, 1.82) is 0 Å². The molecule has 0 aliphatic rings. The first-order chi connectivity index (χ1) is 8.20. The van der Waals surface area contributed by atoms with Gasteiger partial charge in [0.2, 0.25) is 0 Å². The molecule has 0 unspecified atom stereocenters. The van der Waals surface area contributed by atoms with E-state index in [0.29, 0.717) is 17.9 Å². The second kappa shape index (κ2) is 4.80. The van der Waals surface area contributed by atoms with Gasteiger partial charge in [-0.2, -0.15) is 0 Å². The molecule has 1 aromatic carbocycles. The molecule has 2 aromatic rings. The lowest BCUT2D eigenvalue weighted by molar-refractivity contribution is 0.404. The average molecular weight is 231 g/mol. The van der Waals surface area contributed by atoms with E-state index in [2.05, 4.69) is 15.3 Å². The van der Waals surface area contributed by atoms with Crippen molar-refractivity contribution in [2.75, 3.05) is 7.05 Å². The van der Waals surface area contributed by atoms with Gasteiger partial charge in [-0.1, -0.05) is 0 Å². The van der Waals surface area contributed by atoms with E-state index in [1.165, 1.54) is 12.1 Å². The van der Waals surface area contributed by atoms with Crippen molar-refractivity contribution in [1.82, 2.24) is 15.3 Å². The number of aromatic hydroxyl groups is 2. The average Bonchev–Trinajstić information content (AvgIpc) is 2.34. The van der Waals surface area contributed by atoms with Crippen LogP contribution >= 0.6 is 0 Å². The Balaban J connectivity index is 2.30. The molecule has 0 fully saturated rings. The van der Waals surface area contributed by atoms with Crippen molar-refractivity contribution in [3.63, 3.8) is 0 Å². The molecule has 3 N–H and O–H groups in total. The van der Waals surface area contributed by atoms with Gasteiger partial charge in [0.25, 0.3) is 0 Å². The van der Waals surface area contributed by atoms with Gasteiger partial charge in [-0.25, -0.2) is 9.97 Å². The Morgan fingerprint density at radius 1 is 1.12 bits per heavy atom. The maximum atomic E-state index is 9.38. The first-order valence-corrected chi connectivity index (χ1v) is 5.18. The van der Waals surface area contributed by atoms with Crippen LogP contribution in [0.15, 0.2) is 30.6 Å². The summed E-state index contributed by atoms with van der Waals surface area (Å²) in [6.45, 7) is 0.709. The van der Waals surface area contributed by atoms with E-state index >= 15 is 0 Å². The molecular formula is C12H13N3O2. The highest BCUT2D eigenvalue weighted by Gasteiger charge is 2.05. The summed E-state index contributed by atoms with van der Waals surface area (Å²) < 4.78 is 0. The zero-order chi connectivity index (χ0) is 12.3. The fourth-order valence-corrected chi connectivity index (χ4v) is 1.46. The number of nitrogens with zero attached hydrogens (tertiary/aromatic N) is 2. The van der Waals surface area contributed by atoms with Crippen LogP contribution in [0.4, 0.5) is 0 Å². The van der Waals surface area contributed by atoms with E-state index in [1.807, 2.05) is 7.05 Å². The van der Waals surface area contributed by atoms with Crippen LogP contribution in [0.2, 0.25) is 0 Å². The van der Waals surface area contributed by atoms with Crippen LogP contribution in [0.3, 0.4) is 0 Å². The minimum Gasteiger partial charge on any atom is -0.504 e. The van der Waals surface area contributed by atoms with E-state index in [4.69, 9.17) is 0 Å². The first kappa shape index (κ1) is 11.3. The maximum Gasteiger partial charge on any atom is 0.159 e. The SMILES string of the molecule is CNCc1cnc(-c2ccc(O)c(O)c2)nc1. The van der Waals surface area contributed by atoms with E-state index in [-0.39, 0.29) is 11.5 Å². The van der Waals surface area contributed by atoms with Gasteiger partial charge in [0, 0.05) is 30.1 Å². The van der Waals surface area contributed by atoms with Gasteiger partial charge >= 0.3 is 0 Å². The van der Waals surface area contributed by atoms with Crippen molar-refractivity contribution >= 4 is 0 Å². The number of rotatable bonds is 3. The Kier molecular flexibility index (Phi) is 3.20. The Bertz CT molecular complexity index is 512. The molecule has 1 heterocycles. The summed E-state index contributed by atoms with van der Waals surface area (Å²) in [5, 5.41) is 21.6. The van der Waals surface area contributed by atoms with Crippen LogP contribution in [0, 0.1) is 0 Å². The number of phenolic OH excluding ortho intramolecular Hbond substituents is 2. The topological polar surface area (TPSA) is 78.3 Å². The number of aromatic nitrogens is 2. The molecule has 0 radical (unpaired) electrons. The standard InChI is InChI=1S/C12H13N3O2/c1-13-5-8-6-14-12(15-7-8)9-2-3-10(16)11(17)4-9/h2-4,6-7,13,16-17H,5H2,1H3. The van der Waals surface area contributed by atoms with Crippen molar-refractivity contribution in [2.45, 2.75) is 6.54 Å². The molecule has 5 heteroatoms. The van der Waals surface area contributed by atoms with Gasteiger partial charge in [0.1, 0.15) is 0 Å². The number of hydrogen-bond donors (Lipinski definition) is 3. The lowest BCUT2D eigenvalue weighted by Crippen LogP contribution is -2.06. The quantitative estimate of drug-likeness (QED) is 0.693. The fraction of sp³-hybridized carbons (Fsp3) is 0.167. The maximum absolute atomic E-state index is 9.38. The highest BCUT2D eigenvalue weighted by atomic mass is 16.3. The first-order valence-electron chi connectivity index (χ1n) is 5.18. The highest BCUT2D eigenvalue weighted by molar-refractivity contribution is 5.60. The zero-order valence-electron chi connectivity index (χ0n) is 9.38. The third-order valence-electron chi connectivity index (χ3n) is 2.32. The lowest BCUT2D eigenvalue weighted by atomic mass is 10.2. The summed E-state index contributed by atoms with van der Waals surface area (Å²) in [4.78, 5) is 8.39. The molecule has 0 bridgehead atoms. The van der Waals surface area contributed by atoms with Crippen molar-refractivity contribution < 1.29 is 10.2 Å². The molecular weight excluding hydrogens is 218 g/mol. The summed E-state index contributed by atoms with van der Waals surface area (Å²) in [7, 11) is 1.85. The summed E-state index contributed by atoms with van der Waals surface area (Å²) in [6.07, 6.45) is 3.45. The zero-order valence-corrected chi connectivity index (χ0v) is 9.38. The highest BCUT2D eigenvalue weighted by Crippen LogP contribution is 2.28. The Morgan fingerprint density at radius 2 is 1.82 bits per heavy atom. The van der Waals surface area contributed by atoms with E-state index in [9.17, 15) is 10.2 Å². The van der Waals surface area contributed by atoms with Crippen LogP contribution in [0.5, 0.6) is 11.5 Å². The molecule has 1 aromatic heterocycles. The predicted octanol–water partition coefficient (Wildman–Crippen LogP) is 1.27. The van der Waals surface area contributed by atoms with Crippen LogP contribution < -0.4 is 5.32 Å². The number of nitrogens with one attached hydrogen (secondary N) is 1. The van der Waals surface area contributed by atoms with Crippen LogP contribution in [0.25, 0.3) is 11.4 Å². The molecule has 0 saturated carbocycles. The van der Waals surface area contributed by atoms with Crippen molar-refractivity contribution in [2.24, 2.45) is 0 Å². The second-order valence-corrected chi connectivity index (χ2v) is 3.65. The van der Waals surface area contributed by atoms with Gasteiger partial charge in [-0.3, -0.25) is 0 Å². The van der Waals surface area contributed by atoms with E-state index in [0.717, 1.165) is 5.56 Å². The smallest absolute Gasteiger partial charge is 0.159 e. The van der Waals surface area contributed by atoms with Crippen LogP contribution in [0.1, 0.15) is 5.56 Å². The van der Waals surface area contributed by atoms with Crippen molar-refractivity contribution in [3.8, 4) is 22.9 Å². The molecule has 88 valence electrons. The van der Waals surface area contributed by atoms with Gasteiger partial charge in [0.15, 0.2) is 17.3 Å². The molecule has 17 heavy (non-hydrogen) atoms. The number of phenols is 2. The lowest BCUT2D eigenvalue weighted by Gasteiger charge is -2.03. The molecule has 0 atom stereocenters. The molecule has 0 aliphatic carbocycles. The summed E-state index contributed by atoms with van der Waals surface area (Å²) in [5.41, 5.74) is 1.65. The molecule has 0 spiro atoms. The minimum atomic E-state index is -0.176. The fourth-order valence-electron chi connectivity index (χ4n) is 1.46. The van der Waals surface area contributed by atoms with Gasteiger partial charge < -0.3 is 15.5 Å². The number of benzene rings is 1. The predicted molar refractivity (Wildman–Crippen MR) is 63.6 cm³/mol. The summed E-state index contributed by atoms with van der Waals surface area (Å²) in [5.74, 6) is 0.186. The Labute approximate surface area is 98.8 Å². The monoisotopic (exact) mass is 231 g/mol. The molecule has 2 rings (SSSR count). The van der Waals surface area contributed by atoms with E-state index < -0.39 is 0 Å². The third kappa shape index (κ3) is 2.51.